The highest BCUT2D eigenvalue weighted by Crippen LogP contribution is 2.43. The van der Waals surface area contributed by atoms with Crippen molar-refractivity contribution in [3.63, 3.8) is 0 Å². The smallest absolute Gasteiger partial charge is 0.335 e. The van der Waals surface area contributed by atoms with Crippen molar-refractivity contribution in [2.24, 2.45) is 17.8 Å². The van der Waals surface area contributed by atoms with Crippen LogP contribution in [0.2, 0.25) is 0 Å². The van der Waals surface area contributed by atoms with Gasteiger partial charge in [-0.1, -0.05) is 0 Å². The highest BCUT2D eigenvalue weighted by atomic mass is 127. The number of ether oxygens (including phenoxy) is 3. The third kappa shape index (κ3) is 6.38. The number of carboxylic acid groups (broad SMARTS) is 3. The predicted molar refractivity (Wildman–Crippen MR) is 113 cm³/mol. The van der Waals surface area contributed by atoms with E-state index in [4.69, 9.17) is 14.2 Å². The summed E-state index contributed by atoms with van der Waals surface area (Å²) in [6.45, 7) is 0. The molecule has 0 bridgehead atoms. The summed E-state index contributed by atoms with van der Waals surface area (Å²) in [5, 5.41) is 28.1. The lowest BCUT2D eigenvalue weighted by Crippen LogP contribution is -2.54. The molecule has 174 valence electrons. The van der Waals surface area contributed by atoms with Crippen LogP contribution in [0.5, 0.6) is 5.75 Å². The zero-order chi connectivity index (χ0) is 24.0. The van der Waals surface area contributed by atoms with Crippen molar-refractivity contribution in [3.05, 3.63) is 27.3 Å². The molecule has 32 heavy (non-hydrogen) atoms. The molecular weight excluding hydrogens is 543 g/mol. The minimum absolute atomic E-state index is 0.0432. The molecule has 0 aliphatic carbocycles. The lowest BCUT2D eigenvalue weighted by molar-refractivity contribution is -0.233. The maximum absolute atomic E-state index is 12.4. The van der Waals surface area contributed by atoms with E-state index in [2.05, 4.69) is 0 Å². The number of hydrogen-bond acceptors (Lipinski definition) is 8. The number of methoxy groups -OCH3 is 1. The van der Waals surface area contributed by atoms with E-state index < -0.39 is 73.3 Å². The average Bonchev–Trinajstić information content (AvgIpc) is 2.70. The topological polar surface area (TPSA) is 174 Å². The lowest BCUT2D eigenvalue weighted by atomic mass is 9.71. The van der Waals surface area contributed by atoms with Crippen LogP contribution in [0.3, 0.4) is 0 Å². The summed E-state index contributed by atoms with van der Waals surface area (Å²) in [6.07, 6.45) is -4.35. The fraction of sp³-hybridized carbons (Fsp3) is 0.450. The average molecular weight is 564 g/mol. The van der Waals surface area contributed by atoms with Crippen LogP contribution in [0.25, 0.3) is 0 Å². The molecule has 1 aromatic rings. The van der Waals surface area contributed by atoms with E-state index in [0.717, 1.165) is 7.11 Å². The zero-order valence-electron chi connectivity index (χ0n) is 16.8. The molecule has 1 heterocycles. The Morgan fingerprint density at radius 3 is 2.09 bits per heavy atom. The first-order valence-electron chi connectivity index (χ1n) is 9.37. The minimum atomic E-state index is -1.52. The Hall–Kier alpha value is -2.74. The van der Waals surface area contributed by atoms with Crippen molar-refractivity contribution >= 4 is 52.8 Å². The normalized spacial score (nSPS) is 24.9. The van der Waals surface area contributed by atoms with E-state index in [1.54, 1.807) is 6.07 Å². The molecular formula is C20H21IO11. The van der Waals surface area contributed by atoms with E-state index in [1.807, 2.05) is 22.6 Å². The van der Waals surface area contributed by atoms with E-state index in [1.165, 1.54) is 12.1 Å². The molecule has 0 saturated carbocycles. The molecule has 1 aliphatic rings. The van der Waals surface area contributed by atoms with Crippen LogP contribution in [0.1, 0.15) is 29.6 Å². The van der Waals surface area contributed by atoms with Gasteiger partial charge in [0.2, 0.25) is 6.29 Å². The maximum atomic E-state index is 12.4. The number of halogens is 1. The van der Waals surface area contributed by atoms with Gasteiger partial charge in [0.15, 0.2) is 12.4 Å². The molecule has 1 aliphatic heterocycles. The van der Waals surface area contributed by atoms with Gasteiger partial charge in [-0.25, -0.2) is 4.79 Å². The number of aldehydes is 1. The van der Waals surface area contributed by atoms with Gasteiger partial charge >= 0.3 is 23.9 Å². The van der Waals surface area contributed by atoms with Gasteiger partial charge in [0.05, 0.1) is 25.5 Å². The van der Waals surface area contributed by atoms with E-state index in [0.29, 0.717) is 9.86 Å². The third-order valence-electron chi connectivity index (χ3n) is 5.13. The van der Waals surface area contributed by atoms with Gasteiger partial charge in [0, 0.05) is 21.8 Å². The van der Waals surface area contributed by atoms with E-state index >= 15 is 0 Å². The summed E-state index contributed by atoms with van der Waals surface area (Å²) in [4.78, 5) is 58.3. The standard InChI is InChI=1S/C20H21IO11/c1-30-19(29)18-12(6-16(25)26)11(5-15(23)24)13(7-17(27)28)20(32-18)31-14-4-10(21)3-2-9(14)8-22/h2-4,8,11-13,18,20H,5-7H2,1H3,(H,23,24)(H,25,26)(H,27,28)/t11-,12-,13+,18-,20?/m0/s1. The minimum Gasteiger partial charge on any atom is -0.481 e. The quantitative estimate of drug-likeness (QED) is 0.214. The van der Waals surface area contributed by atoms with Crippen LogP contribution in [-0.2, 0) is 28.7 Å². The van der Waals surface area contributed by atoms with E-state index in [9.17, 15) is 39.3 Å². The number of benzene rings is 1. The molecule has 1 saturated heterocycles. The first-order valence-corrected chi connectivity index (χ1v) is 10.4. The summed E-state index contributed by atoms with van der Waals surface area (Å²) in [5.74, 6) is -8.26. The van der Waals surface area contributed by atoms with Crippen LogP contribution in [0.15, 0.2) is 18.2 Å². The fourth-order valence-electron chi connectivity index (χ4n) is 3.80. The summed E-state index contributed by atoms with van der Waals surface area (Å²) >= 11 is 1.97. The second-order valence-corrected chi connectivity index (χ2v) is 8.40. The Morgan fingerprint density at radius 2 is 1.56 bits per heavy atom. The number of esters is 1. The van der Waals surface area contributed by atoms with Crippen molar-refractivity contribution in [2.75, 3.05) is 7.11 Å². The Balaban J connectivity index is 2.56. The number of carbonyl (C=O) groups excluding carboxylic acids is 2. The molecule has 12 heteroatoms. The van der Waals surface area contributed by atoms with Crippen molar-refractivity contribution in [3.8, 4) is 5.75 Å². The molecule has 0 spiro atoms. The van der Waals surface area contributed by atoms with Gasteiger partial charge in [0.1, 0.15) is 5.75 Å². The molecule has 0 amide bonds. The molecule has 0 radical (unpaired) electrons. The van der Waals surface area contributed by atoms with E-state index in [-0.39, 0.29) is 11.3 Å². The summed E-state index contributed by atoms with van der Waals surface area (Å²) < 4.78 is 16.9. The Bertz CT molecular complexity index is 900. The highest BCUT2D eigenvalue weighted by molar-refractivity contribution is 14.1. The SMILES string of the molecule is COC(=O)[C@H]1OC(Oc2cc(I)ccc2C=O)[C@H](CC(=O)O)[C@@H](CC(=O)O)[C@@H]1CC(=O)O. The predicted octanol–water partition coefficient (Wildman–Crippen LogP) is 1.65. The zero-order valence-corrected chi connectivity index (χ0v) is 19.0. The van der Waals surface area contributed by atoms with Crippen LogP contribution in [0, 0.1) is 21.3 Å². The molecule has 11 nitrogen and oxygen atoms in total. The van der Waals surface area contributed by atoms with Crippen molar-refractivity contribution < 1.29 is 53.5 Å². The van der Waals surface area contributed by atoms with Gasteiger partial charge < -0.3 is 29.5 Å². The van der Waals surface area contributed by atoms with Gasteiger partial charge in [-0.3, -0.25) is 19.2 Å². The molecule has 1 fully saturated rings. The lowest BCUT2D eigenvalue weighted by Gasteiger charge is -2.44. The number of aliphatic carboxylic acids is 3. The summed E-state index contributed by atoms with van der Waals surface area (Å²) in [6, 6.07) is 4.61. The largest absolute Gasteiger partial charge is 0.481 e. The van der Waals surface area contributed by atoms with Crippen molar-refractivity contribution in [2.45, 2.75) is 31.7 Å². The Kier molecular flexibility index (Phi) is 8.95. The van der Waals surface area contributed by atoms with Crippen LogP contribution in [-0.4, -0.2) is 65.0 Å². The molecule has 2 rings (SSSR count). The molecule has 3 N–H and O–H groups in total. The number of carbonyl (C=O) groups is 5. The van der Waals surface area contributed by atoms with Gasteiger partial charge in [-0.15, -0.1) is 0 Å². The molecule has 0 aromatic heterocycles. The molecule has 1 aromatic carbocycles. The monoisotopic (exact) mass is 564 g/mol. The molecule has 5 atom stereocenters. The number of carboxylic acids is 3. The first-order chi connectivity index (χ1) is 15.1. The second kappa shape index (κ2) is 11.2. The summed E-state index contributed by atoms with van der Waals surface area (Å²) in [5.41, 5.74) is 0.125. The van der Waals surface area contributed by atoms with Gasteiger partial charge in [-0.05, 0) is 46.7 Å². The highest BCUT2D eigenvalue weighted by Gasteiger charge is 2.51. The number of hydrogen-bond donors (Lipinski definition) is 3. The van der Waals surface area contributed by atoms with Gasteiger partial charge in [-0.2, -0.15) is 0 Å². The van der Waals surface area contributed by atoms with Crippen LogP contribution < -0.4 is 4.74 Å². The Labute approximate surface area is 195 Å². The summed E-state index contributed by atoms with van der Waals surface area (Å²) in [7, 11) is 1.05. The van der Waals surface area contributed by atoms with Crippen LogP contribution >= 0.6 is 22.6 Å². The second-order valence-electron chi connectivity index (χ2n) is 7.15. The van der Waals surface area contributed by atoms with Crippen molar-refractivity contribution in [1.29, 1.82) is 0 Å². The fourth-order valence-corrected chi connectivity index (χ4v) is 4.26. The van der Waals surface area contributed by atoms with Crippen LogP contribution in [0.4, 0.5) is 0 Å². The third-order valence-corrected chi connectivity index (χ3v) is 5.80. The van der Waals surface area contributed by atoms with Crippen molar-refractivity contribution in [1.82, 2.24) is 0 Å². The number of rotatable bonds is 10. The van der Waals surface area contributed by atoms with Gasteiger partial charge in [0.25, 0.3) is 0 Å². The Morgan fingerprint density at radius 1 is 1.00 bits per heavy atom. The first kappa shape index (κ1) is 25.5. The molecule has 1 unspecified atom stereocenters. The maximum Gasteiger partial charge on any atom is 0.335 e.